The quantitative estimate of drug-likeness (QED) is 0.933. The molecule has 0 atom stereocenters. The minimum atomic E-state index is -0.271. The van der Waals surface area contributed by atoms with Gasteiger partial charge in [0, 0.05) is 4.47 Å². The smallest absolute Gasteiger partial charge is 0.140 e. The zero-order chi connectivity index (χ0) is 11.5. The van der Waals surface area contributed by atoms with E-state index in [1.807, 2.05) is 0 Å². The van der Waals surface area contributed by atoms with Crippen LogP contribution in [0.3, 0.4) is 0 Å². The summed E-state index contributed by atoms with van der Waals surface area (Å²) in [6, 6.07) is 4.54. The molecule has 0 amide bonds. The van der Waals surface area contributed by atoms with Crippen LogP contribution in [0.5, 0.6) is 0 Å². The molecule has 0 unspecified atom stereocenters. The Bertz CT molecular complexity index is 497. The molecular formula is C10H10BrFN4. The van der Waals surface area contributed by atoms with Crippen molar-refractivity contribution >= 4 is 15.9 Å². The predicted molar refractivity (Wildman–Crippen MR) is 61.1 cm³/mol. The number of nitrogens with zero attached hydrogens (tertiary/aromatic N) is 3. The van der Waals surface area contributed by atoms with Crippen molar-refractivity contribution in [2.75, 3.05) is 0 Å². The Morgan fingerprint density at radius 2 is 2.25 bits per heavy atom. The molecule has 0 aliphatic heterocycles. The van der Waals surface area contributed by atoms with Gasteiger partial charge in [-0.25, -0.2) is 14.1 Å². The average molecular weight is 285 g/mol. The summed E-state index contributed by atoms with van der Waals surface area (Å²) in [6.07, 6.45) is 1.44. The molecule has 4 nitrogen and oxygen atoms in total. The molecule has 2 rings (SSSR count). The van der Waals surface area contributed by atoms with Gasteiger partial charge in [0.05, 0.1) is 13.1 Å². The van der Waals surface area contributed by atoms with E-state index < -0.39 is 0 Å². The van der Waals surface area contributed by atoms with E-state index in [1.54, 1.807) is 10.7 Å². The van der Waals surface area contributed by atoms with Gasteiger partial charge in [-0.3, -0.25) is 0 Å². The van der Waals surface area contributed by atoms with Crippen LogP contribution >= 0.6 is 15.9 Å². The van der Waals surface area contributed by atoms with Crippen LogP contribution in [0.15, 0.2) is 29.0 Å². The molecule has 0 fully saturated rings. The van der Waals surface area contributed by atoms with Crippen LogP contribution in [0, 0.1) is 5.82 Å². The van der Waals surface area contributed by atoms with Gasteiger partial charge in [-0.2, -0.15) is 5.10 Å². The number of hydrogen-bond acceptors (Lipinski definition) is 3. The van der Waals surface area contributed by atoms with Crippen molar-refractivity contribution in [2.24, 2.45) is 5.73 Å². The molecule has 0 radical (unpaired) electrons. The van der Waals surface area contributed by atoms with Gasteiger partial charge in [0.15, 0.2) is 0 Å². The van der Waals surface area contributed by atoms with Gasteiger partial charge in [-0.05, 0) is 23.8 Å². The van der Waals surface area contributed by atoms with Crippen molar-refractivity contribution < 1.29 is 4.39 Å². The maximum Gasteiger partial charge on any atom is 0.140 e. The number of rotatable bonds is 3. The standard InChI is InChI=1S/C10H10BrFN4/c11-9-2-1-8(12)3-7(9)5-16-10(4-13)14-6-15-16/h1-3,6H,4-5,13H2. The number of halogens is 2. The van der Waals surface area contributed by atoms with Gasteiger partial charge >= 0.3 is 0 Å². The van der Waals surface area contributed by atoms with Crippen molar-refractivity contribution in [3.8, 4) is 0 Å². The number of hydrogen-bond donors (Lipinski definition) is 1. The second-order valence-corrected chi connectivity index (χ2v) is 4.13. The molecule has 0 saturated heterocycles. The minimum absolute atomic E-state index is 0.271. The SMILES string of the molecule is NCc1ncnn1Cc1cc(F)ccc1Br. The van der Waals surface area contributed by atoms with E-state index in [1.165, 1.54) is 18.5 Å². The molecule has 84 valence electrons. The second kappa shape index (κ2) is 4.71. The molecule has 0 saturated carbocycles. The topological polar surface area (TPSA) is 56.7 Å². The van der Waals surface area contributed by atoms with Crippen molar-refractivity contribution in [1.29, 1.82) is 0 Å². The van der Waals surface area contributed by atoms with E-state index >= 15 is 0 Å². The molecule has 6 heteroatoms. The highest BCUT2D eigenvalue weighted by atomic mass is 79.9. The van der Waals surface area contributed by atoms with Crippen molar-refractivity contribution in [3.63, 3.8) is 0 Å². The first-order valence-electron chi connectivity index (χ1n) is 4.71. The third-order valence-electron chi connectivity index (χ3n) is 2.21. The fourth-order valence-electron chi connectivity index (χ4n) is 1.40. The highest BCUT2D eigenvalue weighted by Gasteiger charge is 2.06. The maximum absolute atomic E-state index is 13.1. The van der Waals surface area contributed by atoms with Crippen molar-refractivity contribution in [3.05, 3.63) is 46.2 Å². The predicted octanol–water partition coefficient (Wildman–Crippen LogP) is 1.69. The summed E-state index contributed by atoms with van der Waals surface area (Å²) in [5.41, 5.74) is 6.31. The summed E-state index contributed by atoms with van der Waals surface area (Å²) in [6.45, 7) is 0.762. The van der Waals surface area contributed by atoms with E-state index in [9.17, 15) is 4.39 Å². The third-order valence-corrected chi connectivity index (χ3v) is 2.98. The van der Waals surface area contributed by atoms with E-state index in [-0.39, 0.29) is 5.82 Å². The normalized spacial score (nSPS) is 10.7. The molecule has 0 bridgehead atoms. The minimum Gasteiger partial charge on any atom is -0.324 e. The molecule has 2 N–H and O–H groups in total. The summed E-state index contributed by atoms with van der Waals surface area (Å²) in [7, 11) is 0. The van der Waals surface area contributed by atoms with Gasteiger partial charge in [-0.1, -0.05) is 15.9 Å². The van der Waals surface area contributed by atoms with E-state index in [0.717, 1.165) is 10.0 Å². The Morgan fingerprint density at radius 1 is 1.44 bits per heavy atom. The van der Waals surface area contributed by atoms with Crippen LogP contribution in [-0.2, 0) is 13.1 Å². The van der Waals surface area contributed by atoms with Crippen LogP contribution in [0.1, 0.15) is 11.4 Å². The Balaban J connectivity index is 2.30. The lowest BCUT2D eigenvalue weighted by molar-refractivity contribution is 0.609. The van der Waals surface area contributed by atoms with Gasteiger partial charge in [0.1, 0.15) is 18.0 Å². The highest BCUT2D eigenvalue weighted by molar-refractivity contribution is 9.10. The molecule has 0 aliphatic rings. The molecule has 2 aromatic rings. The Labute approximate surface area is 100 Å². The van der Waals surface area contributed by atoms with Crippen LogP contribution in [0.25, 0.3) is 0 Å². The molecule has 0 spiro atoms. The fourth-order valence-corrected chi connectivity index (χ4v) is 1.78. The maximum atomic E-state index is 13.1. The molecule has 16 heavy (non-hydrogen) atoms. The lowest BCUT2D eigenvalue weighted by Crippen LogP contribution is -2.11. The first-order valence-corrected chi connectivity index (χ1v) is 5.50. The average Bonchev–Trinajstić information content (AvgIpc) is 2.71. The molecule has 0 aliphatic carbocycles. The molecule has 1 heterocycles. The Hall–Kier alpha value is -1.27. The van der Waals surface area contributed by atoms with Gasteiger partial charge in [-0.15, -0.1) is 0 Å². The van der Waals surface area contributed by atoms with Crippen LogP contribution < -0.4 is 5.73 Å². The number of benzene rings is 1. The highest BCUT2D eigenvalue weighted by Crippen LogP contribution is 2.18. The Morgan fingerprint density at radius 3 is 3.00 bits per heavy atom. The zero-order valence-electron chi connectivity index (χ0n) is 8.40. The van der Waals surface area contributed by atoms with Crippen LogP contribution in [0.2, 0.25) is 0 Å². The van der Waals surface area contributed by atoms with Crippen LogP contribution in [-0.4, -0.2) is 14.8 Å². The summed E-state index contributed by atoms with van der Waals surface area (Å²) in [5, 5.41) is 4.04. The molecule has 1 aromatic heterocycles. The third kappa shape index (κ3) is 2.28. The summed E-state index contributed by atoms with van der Waals surface area (Å²) in [5.74, 6) is 0.406. The van der Waals surface area contributed by atoms with Crippen LogP contribution in [0.4, 0.5) is 4.39 Å². The number of nitrogens with two attached hydrogens (primary N) is 1. The first kappa shape index (κ1) is 11.2. The van der Waals surface area contributed by atoms with Gasteiger partial charge < -0.3 is 5.73 Å². The Kier molecular flexibility index (Phi) is 3.31. The monoisotopic (exact) mass is 284 g/mol. The first-order chi connectivity index (χ1) is 7.70. The van der Waals surface area contributed by atoms with E-state index in [4.69, 9.17) is 5.73 Å². The van der Waals surface area contributed by atoms with E-state index in [0.29, 0.717) is 18.9 Å². The van der Waals surface area contributed by atoms with Gasteiger partial charge in [0.2, 0.25) is 0 Å². The lowest BCUT2D eigenvalue weighted by atomic mass is 10.2. The summed E-state index contributed by atoms with van der Waals surface area (Å²) >= 11 is 3.36. The van der Waals surface area contributed by atoms with Crippen molar-refractivity contribution in [1.82, 2.24) is 14.8 Å². The van der Waals surface area contributed by atoms with Crippen molar-refractivity contribution in [2.45, 2.75) is 13.1 Å². The number of aromatic nitrogens is 3. The summed E-state index contributed by atoms with van der Waals surface area (Å²) in [4.78, 5) is 4.00. The summed E-state index contributed by atoms with van der Waals surface area (Å²) < 4.78 is 15.6. The molecular weight excluding hydrogens is 275 g/mol. The zero-order valence-corrected chi connectivity index (χ0v) is 9.98. The van der Waals surface area contributed by atoms with E-state index in [2.05, 4.69) is 26.0 Å². The van der Waals surface area contributed by atoms with Gasteiger partial charge in [0.25, 0.3) is 0 Å². The largest absolute Gasteiger partial charge is 0.324 e. The lowest BCUT2D eigenvalue weighted by Gasteiger charge is -2.06. The fraction of sp³-hybridized carbons (Fsp3) is 0.200. The second-order valence-electron chi connectivity index (χ2n) is 3.27. The molecule has 1 aromatic carbocycles.